The summed E-state index contributed by atoms with van der Waals surface area (Å²) in [6.45, 7) is 6.21. The predicted molar refractivity (Wildman–Crippen MR) is 71.2 cm³/mol. The van der Waals surface area contributed by atoms with Crippen LogP contribution < -0.4 is 5.32 Å². The molecule has 17 heavy (non-hydrogen) atoms. The number of hydrogen-bond donors (Lipinski definition) is 1. The lowest BCUT2D eigenvalue weighted by molar-refractivity contribution is 0.0671. The van der Waals surface area contributed by atoms with Gasteiger partial charge in [0.05, 0.1) is 6.61 Å². The Morgan fingerprint density at radius 1 is 1.35 bits per heavy atom. The van der Waals surface area contributed by atoms with Crippen molar-refractivity contribution in [2.75, 3.05) is 13.2 Å². The quantitative estimate of drug-likeness (QED) is 0.863. The summed E-state index contributed by atoms with van der Waals surface area (Å²) in [5, 5.41) is 3.65. The van der Waals surface area contributed by atoms with Gasteiger partial charge in [0.15, 0.2) is 0 Å². The monoisotopic (exact) mass is 233 g/mol. The van der Waals surface area contributed by atoms with E-state index in [1.54, 1.807) is 0 Å². The minimum Gasteiger partial charge on any atom is -0.380 e. The van der Waals surface area contributed by atoms with Gasteiger partial charge < -0.3 is 10.1 Å². The van der Waals surface area contributed by atoms with E-state index >= 15 is 0 Å². The van der Waals surface area contributed by atoms with Crippen LogP contribution in [-0.2, 0) is 11.2 Å². The van der Waals surface area contributed by atoms with Crippen molar-refractivity contribution in [3.05, 3.63) is 35.4 Å². The van der Waals surface area contributed by atoms with E-state index in [0.717, 1.165) is 19.6 Å². The molecule has 1 aliphatic heterocycles. The molecule has 0 amide bonds. The highest BCUT2D eigenvalue weighted by atomic mass is 16.5. The van der Waals surface area contributed by atoms with Crippen LogP contribution in [-0.4, -0.2) is 19.3 Å². The van der Waals surface area contributed by atoms with E-state index in [9.17, 15) is 0 Å². The standard InChI is InChI=1S/C15H23NO/c1-3-13-6-8-14(9-7-13)12(2)16-15-5-4-10-17-11-15/h6-9,12,15-16H,3-5,10-11H2,1-2H3/t12-,15-/m0/s1. The fraction of sp³-hybridized carbons (Fsp3) is 0.600. The lowest BCUT2D eigenvalue weighted by Crippen LogP contribution is -2.38. The molecule has 2 rings (SSSR count). The lowest BCUT2D eigenvalue weighted by Gasteiger charge is -2.27. The Kier molecular flexibility index (Phi) is 4.57. The van der Waals surface area contributed by atoms with Gasteiger partial charge in [-0.1, -0.05) is 31.2 Å². The van der Waals surface area contributed by atoms with Crippen molar-refractivity contribution >= 4 is 0 Å². The van der Waals surface area contributed by atoms with Crippen LogP contribution in [0, 0.1) is 0 Å². The maximum Gasteiger partial charge on any atom is 0.0619 e. The Morgan fingerprint density at radius 3 is 2.71 bits per heavy atom. The highest BCUT2D eigenvalue weighted by Crippen LogP contribution is 2.16. The van der Waals surface area contributed by atoms with Crippen LogP contribution in [0.4, 0.5) is 0 Å². The number of hydrogen-bond acceptors (Lipinski definition) is 2. The molecule has 0 spiro atoms. The minimum absolute atomic E-state index is 0.410. The van der Waals surface area contributed by atoms with Crippen LogP contribution in [0.5, 0.6) is 0 Å². The van der Waals surface area contributed by atoms with Gasteiger partial charge in [-0.3, -0.25) is 0 Å². The molecular weight excluding hydrogens is 210 g/mol. The molecule has 0 saturated carbocycles. The molecule has 0 radical (unpaired) electrons. The van der Waals surface area contributed by atoms with Gasteiger partial charge >= 0.3 is 0 Å². The summed E-state index contributed by atoms with van der Waals surface area (Å²) in [6.07, 6.45) is 3.52. The molecule has 1 aliphatic rings. The zero-order chi connectivity index (χ0) is 12.1. The van der Waals surface area contributed by atoms with Gasteiger partial charge in [-0.15, -0.1) is 0 Å². The largest absolute Gasteiger partial charge is 0.380 e. The third-order valence-electron chi connectivity index (χ3n) is 3.53. The lowest BCUT2D eigenvalue weighted by atomic mass is 10.0. The molecule has 0 aliphatic carbocycles. The average molecular weight is 233 g/mol. The summed E-state index contributed by atoms with van der Waals surface area (Å²) in [5.41, 5.74) is 2.77. The Labute approximate surface area is 104 Å². The molecule has 2 nitrogen and oxygen atoms in total. The molecule has 1 heterocycles. The third-order valence-corrected chi connectivity index (χ3v) is 3.53. The van der Waals surface area contributed by atoms with Crippen molar-refractivity contribution in [1.29, 1.82) is 0 Å². The first-order chi connectivity index (χ1) is 8.29. The summed E-state index contributed by atoms with van der Waals surface area (Å²) < 4.78 is 5.49. The highest BCUT2D eigenvalue weighted by Gasteiger charge is 2.16. The van der Waals surface area contributed by atoms with Crippen molar-refractivity contribution in [2.45, 2.75) is 45.2 Å². The average Bonchev–Trinajstić information content (AvgIpc) is 2.40. The Hall–Kier alpha value is -0.860. The maximum absolute atomic E-state index is 5.49. The van der Waals surface area contributed by atoms with Gasteiger partial charge in [0.25, 0.3) is 0 Å². The summed E-state index contributed by atoms with van der Waals surface area (Å²) >= 11 is 0. The Morgan fingerprint density at radius 2 is 2.12 bits per heavy atom. The second kappa shape index (κ2) is 6.18. The highest BCUT2D eigenvalue weighted by molar-refractivity contribution is 5.24. The summed E-state index contributed by atoms with van der Waals surface area (Å²) in [5.74, 6) is 0. The van der Waals surface area contributed by atoms with Crippen molar-refractivity contribution in [2.24, 2.45) is 0 Å². The third kappa shape index (κ3) is 3.55. The van der Waals surface area contributed by atoms with Crippen molar-refractivity contribution in [3.8, 4) is 0 Å². The van der Waals surface area contributed by atoms with Crippen LogP contribution in [0.15, 0.2) is 24.3 Å². The summed E-state index contributed by atoms with van der Waals surface area (Å²) in [7, 11) is 0. The van der Waals surface area contributed by atoms with Gasteiger partial charge in [0.2, 0.25) is 0 Å². The fourth-order valence-electron chi connectivity index (χ4n) is 2.36. The van der Waals surface area contributed by atoms with Gasteiger partial charge in [-0.2, -0.15) is 0 Å². The number of rotatable bonds is 4. The van der Waals surface area contributed by atoms with Crippen LogP contribution in [0.3, 0.4) is 0 Å². The molecule has 2 heteroatoms. The van der Waals surface area contributed by atoms with Gasteiger partial charge in [0, 0.05) is 18.7 Å². The SMILES string of the molecule is CCc1ccc([C@H](C)N[C@H]2CCCOC2)cc1. The Balaban J connectivity index is 1.91. The topological polar surface area (TPSA) is 21.3 Å². The predicted octanol–water partition coefficient (Wildman–Crippen LogP) is 3.08. The molecule has 0 unspecified atom stereocenters. The molecule has 0 aromatic heterocycles. The zero-order valence-electron chi connectivity index (χ0n) is 10.9. The molecule has 94 valence electrons. The second-order valence-corrected chi connectivity index (χ2v) is 4.90. The second-order valence-electron chi connectivity index (χ2n) is 4.90. The van der Waals surface area contributed by atoms with E-state index in [1.165, 1.54) is 24.0 Å². The first-order valence-corrected chi connectivity index (χ1v) is 6.72. The Bertz CT molecular complexity index is 327. The first-order valence-electron chi connectivity index (χ1n) is 6.72. The van der Waals surface area contributed by atoms with Crippen LogP contribution in [0.1, 0.15) is 43.9 Å². The van der Waals surface area contributed by atoms with Crippen LogP contribution in [0.2, 0.25) is 0 Å². The van der Waals surface area contributed by atoms with E-state index in [4.69, 9.17) is 4.74 Å². The smallest absolute Gasteiger partial charge is 0.0619 e. The molecule has 2 atom stereocenters. The van der Waals surface area contributed by atoms with E-state index < -0.39 is 0 Å². The molecule has 1 N–H and O–H groups in total. The van der Waals surface area contributed by atoms with Crippen LogP contribution >= 0.6 is 0 Å². The van der Waals surface area contributed by atoms with E-state index in [1.807, 2.05) is 0 Å². The fourth-order valence-corrected chi connectivity index (χ4v) is 2.36. The first kappa shape index (κ1) is 12.6. The molecule has 1 fully saturated rings. The molecule has 0 bridgehead atoms. The van der Waals surface area contributed by atoms with Crippen LogP contribution in [0.25, 0.3) is 0 Å². The van der Waals surface area contributed by atoms with E-state index in [0.29, 0.717) is 12.1 Å². The van der Waals surface area contributed by atoms with Gasteiger partial charge in [-0.25, -0.2) is 0 Å². The summed E-state index contributed by atoms with van der Waals surface area (Å²) in [4.78, 5) is 0. The van der Waals surface area contributed by atoms with Crippen molar-refractivity contribution < 1.29 is 4.74 Å². The number of ether oxygens (including phenoxy) is 1. The number of aryl methyl sites for hydroxylation is 1. The van der Waals surface area contributed by atoms with Gasteiger partial charge in [-0.05, 0) is 37.3 Å². The zero-order valence-corrected chi connectivity index (χ0v) is 10.9. The van der Waals surface area contributed by atoms with Gasteiger partial charge in [0.1, 0.15) is 0 Å². The van der Waals surface area contributed by atoms with E-state index in [2.05, 4.69) is 43.4 Å². The number of benzene rings is 1. The number of nitrogens with one attached hydrogen (secondary N) is 1. The minimum atomic E-state index is 0.410. The normalized spacial score (nSPS) is 22.4. The molecule has 1 aromatic carbocycles. The van der Waals surface area contributed by atoms with Crippen molar-refractivity contribution in [3.63, 3.8) is 0 Å². The molecule has 1 aromatic rings. The van der Waals surface area contributed by atoms with E-state index in [-0.39, 0.29) is 0 Å². The summed E-state index contributed by atoms with van der Waals surface area (Å²) in [6, 6.07) is 9.85. The van der Waals surface area contributed by atoms with Crippen molar-refractivity contribution in [1.82, 2.24) is 5.32 Å². The molecular formula is C15H23NO. The maximum atomic E-state index is 5.49. The molecule has 1 saturated heterocycles.